The molecule has 0 N–H and O–H groups in total. The second-order valence-corrected chi connectivity index (χ2v) is 5.34. The third kappa shape index (κ3) is 2.05. The van der Waals surface area contributed by atoms with Gasteiger partial charge in [0.1, 0.15) is 6.20 Å². The minimum absolute atomic E-state index is 0.0708. The Morgan fingerprint density at radius 1 is 1.45 bits per heavy atom. The van der Waals surface area contributed by atoms with Crippen LogP contribution in [0.25, 0.3) is 0 Å². The lowest BCUT2D eigenvalue weighted by Gasteiger charge is -2.37. The number of nitro groups is 1. The largest absolute Gasteiger partial charge is 0.334 e. The molecule has 2 saturated heterocycles. The quantitative estimate of drug-likeness (QED) is 0.572. The Morgan fingerprint density at radius 2 is 2.25 bits per heavy atom. The second kappa shape index (κ2) is 4.86. The van der Waals surface area contributed by atoms with Crippen LogP contribution >= 0.6 is 0 Å². The van der Waals surface area contributed by atoms with Crippen molar-refractivity contribution >= 4 is 11.6 Å². The number of aryl methyl sites for hydroxylation is 1. The van der Waals surface area contributed by atoms with Crippen molar-refractivity contribution in [3.63, 3.8) is 0 Å². The van der Waals surface area contributed by atoms with E-state index in [-0.39, 0.29) is 17.3 Å². The maximum atomic E-state index is 12.5. The van der Waals surface area contributed by atoms with E-state index in [1.165, 1.54) is 11.1 Å². The molecule has 0 unspecified atom stereocenters. The van der Waals surface area contributed by atoms with Gasteiger partial charge in [0.2, 0.25) is 5.69 Å². The molecule has 1 atom stereocenters. The molecule has 1 amide bonds. The lowest BCUT2D eigenvalue weighted by Crippen LogP contribution is -2.52. The van der Waals surface area contributed by atoms with Crippen molar-refractivity contribution in [3.8, 4) is 0 Å². The van der Waals surface area contributed by atoms with Crippen molar-refractivity contribution in [2.45, 2.75) is 18.9 Å². The highest BCUT2D eigenvalue weighted by Crippen LogP contribution is 2.24. The van der Waals surface area contributed by atoms with Crippen LogP contribution < -0.4 is 0 Å². The zero-order valence-corrected chi connectivity index (χ0v) is 11.4. The third-order valence-electron chi connectivity index (χ3n) is 4.19. The van der Waals surface area contributed by atoms with Crippen LogP contribution in [-0.4, -0.2) is 62.6 Å². The number of hydrogen-bond acceptors (Lipinski definition) is 5. The number of carbonyl (C=O) groups excluding carboxylic acids is 1. The van der Waals surface area contributed by atoms with E-state index >= 15 is 0 Å². The van der Waals surface area contributed by atoms with E-state index in [1.807, 2.05) is 0 Å². The van der Waals surface area contributed by atoms with Crippen LogP contribution in [0, 0.1) is 10.1 Å². The highest BCUT2D eigenvalue weighted by Gasteiger charge is 2.36. The Morgan fingerprint density at radius 3 is 3.00 bits per heavy atom. The van der Waals surface area contributed by atoms with Crippen molar-refractivity contribution in [2.75, 3.05) is 26.2 Å². The minimum Gasteiger partial charge on any atom is -0.334 e. The van der Waals surface area contributed by atoms with Gasteiger partial charge in [-0.1, -0.05) is 0 Å². The molecule has 2 aliphatic rings. The molecule has 20 heavy (non-hydrogen) atoms. The van der Waals surface area contributed by atoms with Gasteiger partial charge in [-0.3, -0.25) is 24.5 Å². The van der Waals surface area contributed by atoms with Gasteiger partial charge in [0.15, 0.2) is 0 Å². The van der Waals surface area contributed by atoms with Crippen molar-refractivity contribution in [1.82, 2.24) is 19.6 Å². The number of rotatable bonds is 2. The van der Waals surface area contributed by atoms with E-state index in [0.717, 1.165) is 25.7 Å². The summed E-state index contributed by atoms with van der Waals surface area (Å²) in [6.07, 6.45) is 3.40. The molecule has 8 nitrogen and oxygen atoms in total. The fraction of sp³-hybridized carbons (Fsp3) is 0.667. The average molecular weight is 279 g/mol. The fourth-order valence-electron chi connectivity index (χ4n) is 3.13. The van der Waals surface area contributed by atoms with Crippen LogP contribution in [0.2, 0.25) is 0 Å². The lowest BCUT2D eigenvalue weighted by atomic mass is 10.1. The predicted molar refractivity (Wildman–Crippen MR) is 70.4 cm³/mol. The zero-order valence-electron chi connectivity index (χ0n) is 11.4. The lowest BCUT2D eigenvalue weighted by molar-refractivity contribution is -0.385. The van der Waals surface area contributed by atoms with Crippen LogP contribution in [-0.2, 0) is 7.05 Å². The van der Waals surface area contributed by atoms with Gasteiger partial charge in [0.25, 0.3) is 5.91 Å². The standard InChI is InChI=1S/C12H17N5O3/c1-14-11(10(7-13-14)17(19)20)12(18)16-6-5-15-4-2-3-9(15)8-16/h7,9H,2-6,8H2,1H3/t9-/m1/s1. The minimum atomic E-state index is -0.550. The summed E-state index contributed by atoms with van der Waals surface area (Å²) in [4.78, 5) is 27.1. The molecule has 3 heterocycles. The van der Waals surface area contributed by atoms with Gasteiger partial charge < -0.3 is 4.90 Å². The van der Waals surface area contributed by atoms with Gasteiger partial charge >= 0.3 is 5.69 Å². The molecule has 0 aliphatic carbocycles. The van der Waals surface area contributed by atoms with E-state index in [2.05, 4.69) is 10.00 Å². The fourth-order valence-corrected chi connectivity index (χ4v) is 3.13. The van der Waals surface area contributed by atoms with Gasteiger partial charge in [0, 0.05) is 32.7 Å². The number of aromatic nitrogens is 2. The monoisotopic (exact) mass is 279 g/mol. The second-order valence-electron chi connectivity index (χ2n) is 5.34. The summed E-state index contributed by atoms with van der Waals surface area (Å²) in [7, 11) is 1.56. The first-order valence-electron chi connectivity index (χ1n) is 6.77. The molecule has 3 rings (SSSR count). The molecule has 0 radical (unpaired) electrons. The number of fused-ring (bicyclic) bond motifs is 1. The summed E-state index contributed by atoms with van der Waals surface area (Å²) in [5.41, 5.74) is -0.146. The first kappa shape index (κ1) is 13.0. The summed E-state index contributed by atoms with van der Waals surface area (Å²) in [5, 5.41) is 14.8. The Kier molecular flexibility index (Phi) is 3.17. The van der Waals surface area contributed by atoms with Gasteiger partial charge in [-0.15, -0.1) is 0 Å². The van der Waals surface area contributed by atoms with Crippen LogP contribution in [0.3, 0.4) is 0 Å². The van der Waals surface area contributed by atoms with E-state index in [1.54, 1.807) is 11.9 Å². The maximum Gasteiger partial charge on any atom is 0.320 e. The van der Waals surface area contributed by atoms with Crippen LogP contribution in [0.1, 0.15) is 23.3 Å². The Labute approximate surface area is 116 Å². The van der Waals surface area contributed by atoms with Crippen molar-refractivity contribution < 1.29 is 9.72 Å². The Bertz CT molecular complexity index is 555. The molecule has 0 bridgehead atoms. The predicted octanol–water partition coefficient (Wildman–Crippen LogP) is 0.248. The van der Waals surface area contributed by atoms with E-state index in [4.69, 9.17) is 0 Å². The molecular formula is C12H17N5O3. The first-order valence-corrected chi connectivity index (χ1v) is 6.77. The van der Waals surface area contributed by atoms with Crippen LogP contribution in [0.5, 0.6) is 0 Å². The van der Waals surface area contributed by atoms with Gasteiger partial charge in [0.05, 0.1) is 4.92 Å². The van der Waals surface area contributed by atoms with Crippen LogP contribution in [0.4, 0.5) is 5.69 Å². The summed E-state index contributed by atoms with van der Waals surface area (Å²) in [6.45, 7) is 3.22. The smallest absolute Gasteiger partial charge is 0.320 e. The van der Waals surface area contributed by atoms with Crippen molar-refractivity contribution in [2.24, 2.45) is 7.05 Å². The normalized spacial score (nSPS) is 22.9. The number of piperazine rings is 1. The Hall–Kier alpha value is -1.96. The van der Waals surface area contributed by atoms with Gasteiger partial charge in [-0.2, -0.15) is 5.10 Å². The third-order valence-corrected chi connectivity index (χ3v) is 4.19. The molecule has 1 aromatic rings. The average Bonchev–Trinajstić information content (AvgIpc) is 3.03. The zero-order chi connectivity index (χ0) is 14.3. The van der Waals surface area contributed by atoms with E-state index in [9.17, 15) is 14.9 Å². The molecule has 108 valence electrons. The SMILES string of the molecule is Cn1ncc([N+](=O)[O-])c1C(=O)N1CCN2CCC[C@@H]2C1. The number of carbonyl (C=O) groups is 1. The van der Waals surface area contributed by atoms with Crippen LogP contribution in [0.15, 0.2) is 6.20 Å². The molecule has 0 aromatic carbocycles. The topological polar surface area (TPSA) is 84.5 Å². The molecule has 8 heteroatoms. The molecule has 0 spiro atoms. The number of amides is 1. The molecule has 2 fully saturated rings. The molecule has 0 saturated carbocycles. The summed E-state index contributed by atoms with van der Waals surface area (Å²) < 4.78 is 1.29. The molecule has 2 aliphatic heterocycles. The highest BCUT2D eigenvalue weighted by molar-refractivity contribution is 5.96. The van der Waals surface area contributed by atoms with Gasteiger partial charge in [-0.25, -0.2) is 0 Å². The van der Waals surface area contributed by atoms with E-state index in [0.29, 0.717) is 19.1 Å². The van der Waals surface area contributed by atoms with Gasteiger partial charge in [-0.05, 0) is 19.4 Å². The first-order chi connectivity index (χ1) is 9.58. The number of nitrogens with zero attached hydrogens (tertiary/aromatic N) is 5. The summed E-state index contributed by atoms with van der Waals surface area (Å²) >= 11 is 0. The van der Waals surface area contributed by atoms with Crippen molar-refractivity contribution in [3.05, 3.63) is 22.0 Å². The highest BCUT2D eigenvalue weighted by atomic mass is 16.6. The maximum absolute atomic E-state index is 12.5. The van der Waals surface area contributed by atoms with E-state index < -0.39 is 4.92 Å². The summed E-state index contributed by atoms with van der Waals surface area (Å²) in [5.74, 6) is -0.289. The van der Waals surface area contributed by atoms with Crippen molar-refractivity contribution in [1.29, 1.82) is 0 Å². The molecular weight excluding hydrogens is 262 g/mol. The summed E-state index contributed by atoms with van der Waals surface area (Å²) in [6, 6.07) is 0.403. The molecule has 1 aromatic heterocycles. The number of hydrogen-bond donors (Lipinski definition) is 0. The Balaban J connectivity index is 1.82.